The molecule has 0 radical (unpaired) electrons. The Balaban J connectivity index is 1.80. The van der Waals surface area contributed by atoms with Gasteiger partial charge >= 0.3 is 6.03 Å². The summed E-state index contributed by atoms with van der Waals surface area (Å²) in [6.07, 6.45) is 2.04. The van der Waals surface area contributed by atoms with Crippen molar-refractivity contribution in [2.45, 2.75) is 12.8 Å². The quantitative estimate of drug-likeness (QED) is 0.746. The highest BCUT2D eigenvalue weighted by atomic mass is 19.1. The number of nitrogens with two attached hydrogens (primary N) is 1. The molecule has 0 bridgehead atoms. The van der Waals surface area contributed by atoms with Gasteiger partial charge in [-0.2, -0.15) is 0 Å². The van der Waals surface area contributed by atoms with Crippen LogP contribution in [0, 0.1) is 5.82 Å². The molecule has 0 unspecified atom stereocenters. The Kier molecular flexibility index (Phi) is 4.43. The second-order valence-corrected chi connectivity index (χ2v) is 5.51. The van der Waals surface area contributed by atoms with Gasteiger partial charge in [-0.1, -0.05) is 18.2 Å². The van der Waals surface area contributed by atoms with E-state index in [-0.39, 0.29) is 11.8 Å². The summed E-state index contributed by atoms with van der Waals surface area (Å²) in [5.41, 5.74) is 11.8. The fourth-order valence-corrected chi connectivity index (χ4v) is 2.53. The van der Waals surface area contributed by atoms with Gasteiger partial charge in [0.05, 0.1) is 11.4 Å². The molecule has 2 aromatic rings. The highest BCUT2D eigenvalue weighted by Crippen LogP contribution is 2.27. The van der Waals surface area contributed by atoms with E-state index < -0.39 is 0 Å². The molecule has 0 aromatic heterocycles. The second-order valence-electron chi connectivity index (χ2n) is 5.51. The summed E-state index contributed by atoms with van der Waals surface area (Å²) in [5.74, 6) is -0.283. The molecule has 1 aliphatic heterocycles. The molecule has 2 aromatic carbocycles. The molecular weight excluding hydrogens is 295 g/mol. The number of carbonyl (C=O) groups excluding carboxylic acids is 1. The zero-order chi connectivity index (χ0) is 16.2. The topological polar surface area (TPSA) is 70.4 Å². The van der Waals surface area contributed by atoms with Gasteiger partial charge < -0.3 is 11.1 Å². The van der Waals surface area contributed by atoms with Crippen molar-refractivity contribution in [3.05, 3.63) is 48.3 Å². The van der Waals surface area contributed by atoms with E-state index in [9.17, 15) is 9.18 Å². The van der Waals surface area contributed by atoms with Crippen molar-refractivity contribution in [3.63, 3.8) is 0 Å². The van der Waals surface area contributed by atoms with Gasteiger partial charge in [0.2, 0.25) is 0 Å². The molecule has 1 heterocycles. The first-order chi connectivity index (χ1) is 11.1. The van der Waals surface area contributed by atoms with Crippen molar-refractivity contribution in [1.29, 1.82) is 0 Å². The average Bonchev–Trinajstić information content (AvgIpc) is 2.58. The number of carbonyl (C=O) groups is 1. The summed E-state index contributed by atoms with van der Waals surface area (Å²) in [6, 6.07) is 11.3. The Bertz CT molecular complexity index is 696. The van der Waals surface area contributed by atoms with Crippen molar-refractivity contribution in [1.82, 2.24) is 10.4 Å². The number of rotatable bonds is 2. The first-order valence-corrected chi connectivity index (χ1v) is 7.61. The summed E-state index contributed by atoms with van der Waals surface area (Å²) in [4.78, 5) is 12.3. The zero-order valence-electron chi connectivity index (χ0n) is 12.7. The highest BCUT2D eigenvalue weighted by molar-refractivity contribution is 5.93. The van der Waals surface area contributed by atoms with Crippen LogP contribution in [0.3, 0.4) is 0 Å². The number of benzene rings is 2. The van der Waals surface area contributed by atoms with Gasteiger partial charge in [-0.25, -0.2) is 14.6 Å². The van der Waals surface area contributed by atoms with E-state index in [4.69, 9.17) is 5.73 Å². The smallest absolute Gasteiger partial charge is 0.336 e. The lowest BCUT2D eigenvalue weighted by Gasteiger charge is -2.28. The van der Waals surface area contributed by atoms with Gasteiger partial charge in [-0.05, 0) is 48.2 Å². The second kappa shape index (κ2) is 6.66. The summed E-state index contributed by atoms with van der Waals surface area (Å²) in [5, 5.41) is 4.39. The molecule has 4 N–H and O–H groups in total. The van der Waals surface area contributed by atoms with Crippen LogP contribution in [0.1, 0.15) is 12.8 Å². The molecule has 120 valence electrons. The molecule has 2 amide bonds. The van der Waals surface area contributed by atoms with Gasteiger partial charge in [-0.3, -0.25) is 5.01 Å². The van der Waals surface area contributed by atoms with Crippen LogP contribution in [0.4, 0.5) is 20.6 Å². The Morgan fingerprint density at radius 1 is 1.13 bits per heavy atom. The molecule has 0 spiro atoms. The fraction of sp³-hybridized carbons (Fsp3) is 0.235. The lowest BCUT2D eigenvalue weighted by molar-refractivity contribution is 0.166. The predicted molar refractivity (Wildman–Crippen MR) is 89.2 cm³/mol. The summed E-state index contributed by atoms with van der Waals surface area (Å²) < 4.78 is 13.0. The predicted octanol–water partition coefficient (Wildman–Crippen LogP) is 3.21. The Morgan fingerprint density at radius 3 is 2.57 bits per heavy atom. The summed E-state index contributed by atoms with van der Waals surface area (Å²) in [7, 11) is 0. The normalized spacial score (nSPS) is 14.6. The van der Waals surface area contributed by atoms with Crippen molar-refractivity contribution < 1.29 is 9.18 Å². The monoisotopic (exact) mass is 314 g/mol. The Hall–Kier alpha value is -2.60. The Labute approximate surface area is 134 Å². The van der Waals surface area contributed by atoms with Gasteiger partial charge in [0, 0.05) is 13.1 Å². The number of nitrogen functional groups attached to an aromatic ring is 1. The minimum absolute atomic E-state index is 0.229. The maximum atomic E-state index is 13.0. The molecule has 23 heavy (non-hydrogen) atoms. The third-order valence-electron chi connectivity index (χ3n) is 3.83. The van der Waals surface area contributed by atoms with Gasteiger partial charge in [0.25, 0.3) is 0 Å². The van der Waals surface area contributed by atoms with Crippen molar-refractivity contribution in [2.24, 2.45) is 0 Å². The van der Waals surface area contributed by atoms with Gasteiger partial charge in [-0.15, -0.1) is 0 Å². The maximum absolute atomic E-state index is 13.0. The number of amides is 2. The minimum Gasteiger partial charge on any atom is -0.397 e. The number of hydrogen-bond acceptors (Lipinski definition) is 3. The lowest BCUT2D eigenvalue weighted by Crippen LogP contribution is -2.49. The number of hydrogen-bond donors (Lipinski definition) is 3. The highest BCUT2D eigenvalue weighted by Gasteiger charge is 2.17. The van der Waals surface area contributed by atoms with Crippen LogP contribution in [-0.4, -0.2) is 24.1 Å². The molecule has 3 rings (SSSR count). The van der Waals surface area contributed by atoms with E-state index in [1.54, 1.807) is 29.3 Å². The summed E-state index contributed by atoms with van der Waals surface area (Å²) in [6.45, 7) is 1.46. The SMILES string of the molecule is Nc1ccc(-c2ccc(F)cc2)cc1NC(=O)N1CCCCN1. The molecule has 0 atom stereocenters. The molecule has 0 saturated carbocycles. The van der Waals surface area contributed by atoms with Gasteiger partial charge in [0.1, 0.15) is 5.82 Å². The van der Waals surface area contributed by atoms with Crippen LogP contribution in [0.2, 0.25) is 0 Å². The molecular formula is C17H19FN4O. The van der Waals surface area contributed by atoms with Crippen LogP contribution in [0.25, 0.3) is 11.1 Å². The molecule has 6 heteroatoms. The van der Waals surface area contributed by atoms with E-state index in [2.05, 4.69) is 10.7 Å². The van der Waals surface area contributed by atoms with E-state index in [0.29, 0.717) is 17.9 Å². The van der Waals surface area contributed by atoms with Gasteiger partial charge in [0.15, 0.2) is 0 Å². The molecule has 0 aliphatic carbocycles. The number of nitrogens with zero attached hydrogens (tertiary/aromatic N) is 1. The molecule has 1 saturated heterocycles. The van der Waals surface area contributed by atoms with Crippen LogP contribution >= 0.6 is 0 Å². The first-order valence-electron chi connectivity index (χ1n) is 7.61. The third kappa shape index (κ3) is 3.60. The van der Waals surface area contributed by atoms with Crippen LogP contribution in [0.5, 0.6) is 0 Å². The number of urea groups is 1. The van der Waals surface area contributed by atoms with E-state index in [1.807, 2.05) is 6.07 Å². The minimum atomic E-state index is -0.283. The van der Waals surface area contributed by atoms with Crippen molar-refractivity contribution >= 4 is 17.4 Å². The summed E-state index contributed by atoms with van der Waals surface area (Å²) >= 11 is 0. The fourth-order valence-electron chi connectivity index (χ4n) is 2.53. The lowest BCUT2D eigenvalue weighted by atomic mass is 10.0. The van der Waals surface area contributed by atoms with Crippen LogP contribution in [-0.2, 0) is 0 Å². The van der Waals surface area contributed by atoms with Crippen molar-refractivity contribution in [2.75, 3.05) is 24.1 Å². The van der Waals surface area contributed by atoms with E-state index in [1.165, 1.54) is 12.1 Å². The maximum Gasteiger partial charge on any atom is 0.336 e. The molecule has 5 nitrogen and oxygen atoms in total. The zero-order valence-corrected chi connectivity index (χ0v) is 12.7. The molecule has 1 aliphatic rings. The Morgan fingerprint density at radius 2 is 1.87 bits per heavy atom. The number of nitrogens with one attached hydrogen (secondary N) is 2. The number of hydrazine groups is 1. The standard InChI is InChI=1S/C17H19FN4O/c18-14-6-3-12(4-7-14)13-5-8-15(19)16(11-13)21-17(23)22-10-2-1-9-20-22/h3-8,11,20H,1-2,9-10,19H2,(H,21,23). The first kappa shape index (κ1) is 15.3. The molecule has 1 fully saturated rings. The third-order valence-corrected chi connectivity index (χ3v) is 3.83. The largest absolute Gasteiger partial charge is 0.397 e. The number of anilines is 2. The van der Waals surface area contributed by atoms with Crippen LogP contribution < -0.4 is 16.5 Å². The van der Waals surface area contributed by atoms with E-state index in [0.717, 1.165) is 30.5 Å². The van der Waals surface area contributed by atoms with Crippen LogP contribution in [0.15, 0.2) is 42.5 Å². The average molecular weight is 314 g/mol. The number of halogens is 1. The van der Waals surface area contributed by atoms with Crippen molar-refractivity contribution in [3.8, 4) is 11.1 Å². The van der Waals surface area contributed by atoms with E-state index >= 15 is 0 Å².